The maximum absolute atomic E-state index is 10.4. The first kappa shape index (κ1) is 13.7. The lowest BCUT2D eigenvalue weighted by Crippen LogP contribution is -2.25. The first-order chi connectivity index (χ1) is 8.84. The van der Waals surface area contributed by atoms with Crippen molar-refractivity contribution in [3.63, 3.8) is 0 Å². The lowest BCUT2D eigenvalue weighted by molar-refractivity contribution is 0.340. The number of hydrogen-bond acceptors (Lipinski definition) is 2. The number of aromatic nitrogens is 2. The van der Waals surface area contributed by atoms with Crippen LogP contribution in [-0.2, 0) is 12.0 Å². The average molecular weight is 258 g/mol. The number of rotatable bonds is 2. The van der Waals surface area contributed by atoms with Crippen LogP contribution in [0.5, 0.6) is 5.75 Å². The van der Waals surface area contributed by atoms with E-state index in [1.165, 1.54) is 5.56 Å². The average Bonchev–Trinajstić information content (AvgIpc) is 2.67. The molecule has 3 nitrogen and oxygen atoms in total. The summed E-state index contributed by atoms with van der Waals surface area (Å²) >= 11 is 0. The Kier molecular flexibility index (Phi) is 3.40. The van der Waals surface area contributed by atoms with Crippen molar-refractivity contribution in [1.29, 1.82) is 0 Å². The molecule has 0 aliphatic carbocycles. The SMILES string of the molecule is CCc1c(O)c(-c2ccc(C)cc2)nn1C(C)(C)C. The maximum atomic E-state index is 10.4. The Morgan fingerprint density at radius 2 is 1.74 bits per heavy atom. The van der Waals surface area contributed by atoms with Crippen LogP contribution in [0.2, 0.25) is 0 Å². The van der Waals surface area contributed by atoms with Crippen molar-refractivity contribution in [2.45, 2.75) is 46.6 Å². The molecule has 0 aliphatic rings. The van der Waals surface area contributed by atoms with Crippen LogP contribution in [0.4, 0.5) is 0 Å². The molecule has 0 fully saturated rings. The molecule has 1 heterocycles. The highest BCUT2D eigenvalue weighted by Crippen LogP contribution is 2.34. The predicted molar refractivity (Wildman–Crippen MR) is 78.4 cm³/mol. The van der Waals surface area contributed by atoms with E-state index in [4.69, 9.17) is 0 Å². The fourth-order valence-corrected chi connectivity index (χ4v) is 2.22. The molecule has 0 radical (unpaired) electrons. The molecule has 1 N–H and O–H groups in total. The van der Waals surface area contributed by atoms with Crippen LogP contribution in [0.15, 0.2) is 24.3 Å². The van der Waals surface area contributed by atoms with Crippen LogP contribution in [0, 0.1) is 6.92 Å². The van der Waals surface area contributed by atoms with Gasteiger partial charge < -0.3 is 5.11 Å². The molecule has 0 atom stereocenters. The van der Waals surface area contributed by atoms with Crippen LogP contribution in [0.3, 0.4) is 0 Å². The third-order valence-corrected chi connectivity index (χ3v) is 3.25. The van der Waals surface area contributed by atoms with Gasteiger partial charge in [-0.05, 0) is 34.1 Å². The summed E-state index contributed by atoms with van der Waals surface area (Å²) in [6, 6.07) is 8.08. The molecule has 0 amide bonds. The molecular formula is C16H22N2O. The zero-order valence-corrected chi connectivity index (χ0v) is 12.4. The summed E-state index contributed by atoms with van der Waals surface area (Å²) in [6.07, 6.45) is 0.766. The second-order valence-electron chi connectivity index (χ2n) is 5.95. The molecule has 3 heteroatoms. The van der Waals surface area contributed by atoms with Crippen molar-refractivity contribution in [3.8, 4) is 17.0 Å². The van der Waals surface area contributed by atoms with Gasteiger partial charge in [0.2, 0.25) is 0 Å². The molecular weight excluding hydrogens is 236 g/mol. The first-order valence-electron chi connectivity index (χ1n) is 6.73. The third-order valence-electron chi connectivity index (χ3n) is 3.25. The lowest BCUT2D eigenvalue weighted by Gasteiger charge is -2.21. The van der Waals surface area contributed by atoms with Crippen molar-refractivity contribution in [1.82, 2.24) is 9.78 Å². The van der Waals surface area contributed by atoms with Crippen molar-refractivity contribution >= 4 is 0 Å². The molecule has 19 heavy (non-hydrogen) atoms. The highest BCUT2D eigenvalue weighted by Gasteiger charge is 2.24. The van der Waals surface area contributed by atoms with E-state index < -0.39 is 0 Å². The standard InChI is InChI=1S/C16H22N2O/c1-6-13-15(19)14(17-18(13)16(3,4)5)12-9-7-11(2)8-10-12/h7-10,19H,6H2,1-5H3. The summed E-state index contributed by atoms with van der Waals surface area (Å²) in [5.74, 6) is 0.307. The Bertz CT molecular complexity index is 574. The van der Waals surface area contributed by atoms with E-state index in [0.717, 1.165) is 17.7 Å². The van der Waals surface area contributed by atoms with Gasteiger partial charge in [0.1, 0.15) is 5.69 Å². The molecule has 102 valence electrons. The molecule has 2 rings (SSSR count). The maximum Gasteiger partial charge on any atom is 0.164 e. The van der Waals surface area contributed by atoms with E-state index in [1.807, 2.05) is 35.9 Å². The molecule has 0 unspecified atom stereocenters. The van der Waals surface area contributed by atoms with Gasteiger partial charge in [-0.25, -0.2) is 0 Å². The van der Waals surface area contributed by atoms with Crippen LogP contribution in [-0.4, -0.2) is 14.9 Å². The second-order valence-corrected chi connectivity index (χ2v) is 5.95. The van der Waals surface area contributed by atoms with Crippen LogP contribution in [0.1, 0.15) is 39.0 Å². The summed E-state index contributed by atoms with van der Waals surface area (Å²) in [4.78, 5) is 0. The van der Waals surface area contributed by atoms with Gasteiger partial charge in [0.15, 0.2) is 5.75 Å². The van der Waals surface area contributed by atoms with Gasteiger partial charge in [0, 0.05) is 5.56 Å². The van der Waals surface area contributed by atoms with Crippen molar-refractivity contribution < 1.29 is 5.11 Å². The lowest BCUT2D eigenvalue weighted by atomic mass is 10.1. The summed E-state index contributed by atoms with van der Waals surface area (Å²) in [5, 5.41) is 15.0. The van der Waals surface area contributed by atoms with Crippen molar-refractivity contribution in [2.24, 2.45) is 0 Å². The summed E-state index contributed by atoms with van der Waals surface area (Å²) in [6.45, 7) is 10.4. The first-order valence-corrected chi connectivity index (χ1v) is 6.73. The number of aryl methyl sites for hydroxylation is 1. The van der Waals surface area contributed by atoms with Crippen LogP contribution >= 0.6 is 0 Å². The molecule has 0 saturated heterocycles. The molecule has 0 saturated carbocycles. The topological polar surface area (TPSA) is 38.1 Å². The Morgan fingerprint density at radius 3 is 2.16 bits per heavy atom. The van der Waals surface area contributed by atoms with Crippen LogP contribution < -0.4 is 0 Å². The van der Waals surface area contributed by atoms with Gasteiger partial charge in [-0.2, -0.15) is 5.10 Å². The smallest absolute Gasteiger partial charge is 0.164 e. The number of aromatic hydroxyl groups is 1. The Morgan fingerprint density at radius 1 is 1.16 bits per heavy atom. The minimum atomic E-state index is -0.133. The molecule has 2 aromatic rings. The predicted octanol–water partition coefficient (Wildman–Crippen LogP) is 3.88. The van der Waals surface area contributed by atoms with Gasteiger partial charge in [-0.3, -0.25) is 4.68 Å². The molecule has 0 bridgehead atoms. The van der Waals surface area contributed by atoms with Crippen molar-refractivity contribution in [2.75, 3.05) is 0 Å². The minimum Gasteiger partial charge on any atom is -0.504 e. The van der Waals surface area contributed by atoms with E-state index in [-0.39, 0.29) is 5.54 Å². The minimum absolute atomic E-state index is 0.133. The fourth-order valence-electron chi connectivity index (χ4n) is 2.22. The number of nitrogens with zero attached hydrogens (tertiary/aromatic N) is 2. The number of benzene rings is 1. The van der Waals surface area contributed by atoms with Gasteiger partial charge in [0.25, 0.3) is 0 Å². The molecule has 0 spiro atoms. The Labute approximate surface area is 114 Å². The zero-order valence-electron chi connectivity index (χ0n) is 12.4. The summed E-state index contributed by atoms with van der Waals surface area (Å²) < 4.78 is 1.93. The van der Waals surface area contributed by atoms with Crippen molar-refractivity contribution in [3.05, 3.63) is 35.5 Å². The van der Waals surface area contributed by atoms with Gasteiger partial charge >= 0.3 is 0 Å². The summed E-state index contributed by atoms with van der Waals surface area (Å²) in [7, 11) is 0. The van der Waals surface area contributed by atoms with E-state index in [1.54, 1.807) is 0 Å². The van der Waals surface area contributed by atoms with E-state index in [0.29, 0.717) is 11.4 Å². The highest BCUT2D eigenvalue weighted by molar-refractivity contribution is 5.67. The molecule has 0 aliphatic heterocycles. The quantitative estimate of drug-likeness (QED) is 0.887. The van der Waals surface area contributed by atoms with Gasteiger partial charge in [-0.1, -0.05) is 36.8 Å². The zero-order chi connectivity index (χ0) is 14.2. The van der Waals surface area contributed by atoms with Crippen LogP contribution in [0.25, 0.3) is 11.3 Å². The Balaban J connectivity index is 2.59. The van der Waals surface area contributed by atoms with Gasteiger partial charge in [0.05, 0.1) is 11.2 Å². The fraction of sp³-hybridized carbons (Fsp3) is 0.438. The number of hydrogen-bond donors (Lipinski definition) is 1. The molecule has 1 aromatic heterocycles. The monoisotopic (exact) mass is 258 g/mol. The Hall–Kier alpha value is -1.77. The summed E-state index contributed by atoms with van der Waals surface area (Å²) in [5.41, 5.74) is 3.59. The van der Waals surface area contributed by atoms with Gasteiger partial charge in [-0.15, -0.1) is 0 Å². The highest BCUT2D eigenvalue weighted by atomic mass is 16.3. The third kappa shape index (κ3) is 2.50. The van der Waals surface area contributed by atoms with E-state index in [9.17, 15) is 5.11 Å². The van der Waals surface area contributed by atoms with E-state index in [2.05, 4.69) is 32.8 Å². The van der Waals surface area contributed by atoms with E-state index >= 15 is 0 Å². The second kappa shape index (κ2) is 4.72. The largest absolute Gasteiger partial charge is 0.504 e. The normalized spacial score (nSPS) is 11.8. The molecule has 1 aromatic carbocycles.